The molecule has 0 atom stereocenters. The predicted molar refractivity (Wildman–Crippen MR) is 105 cm³/mol. The molecule has 2 aromatic carbocycles. The minimum Gasteiger partial charge on any atom is -0.355 e. The van der Waals surface area contributed by atoms with Crippen molar-refractivity contribution in [3.8, 4) is 0 Å². The summed E-state index contributed by atoms with van der Waals surface area (Å²) in [5.41, 5.74) is 7.23. The van der Waals surface area contributed by atoms with Gasteiger partial charge in [-0.1, -0.05) is 56.9 Å². The Hall–Kier alpha value is -1.54. The second kappa shape index (κ2) is 5.52. The standard InChI is InChI=1S/C21H29NSi/c1-15-7-10-19(23(4,5)6)12-20(15)22-18-9-8-16-13-21(2,3)14-17(16)11-18/h7-12,22H,13-14H2,1-6H3. The van der Waals surface area contributed by atoms with Gasteiger partial charge in [-0.15, -0.1) is 0 Å². The van der Waals surface area contributed by atoms with Crippen LogP contribution in [0.4, 0.5) is 11.4 Å². The van der Waals surface area contributed by atoms with Gasteiger partial charge in [0.1, 0.15) is 0 Å². The van der Waals surface area contributed by atoms with Gasteiger partial charge in [0.2, 0.25) is 0 Å². The smallest absolute Gasteiger partial charge is 0.0776 e. The van der Waals surface area contributed by atoms with Crippen molar-refractivity contribution in [3.63, 3.8) is 0 Å². The second-order valence-corrected chi connectivity index (χ2v) is 14.0. The van der Waals surface area contributed by atoms with Crippen LogP contribution in [0.2, 0.25) is 19.6 Å². The van der Waals surface area contributed by atoms with Crippen molar-refractivity contribution >= 4 is 24.6 Å². The Bertz CT molecular complexity index is 738. The maximum absolute atomic E-state index is 3.66. The van der Waals surface area contributed by atoms with Crippen LogP contribution in [0.3, 0.4) is 0 Å². The van der Waals surface area contributed by atoms with Crippen molar-refractivity contribution in [2.45, 2.75) is 53.3 Å². The van der Waals surface area contributed by atoms with E-state index in [9.17, 15) is 0 Å². The molecule has 122 valence electrons. The lowest BCUT2D eigenvalue weighted by Crippen LogP contribution is -2.37. The molecule has 3 rings (SSSR count). The van der Waals surface area contributed by atoms with Crippen LogP contribution in [0.5, 0.6) is 0 Å². The first kappa shape index (κ1) is 16.3. The van der Waals surface area contributed by atoms with E-state index in [1.807, 2.05) is 0 Å². The van der Waals surface area contributed by atoms with Crippen molar-refractivity contribution < 1.29 is 0 Å². The Kier molecular flexibility index (Phi) is 3.92. The highest BCUT2D eigenvalue weighted by atomic mass is 28.3. The Labute approximate surface area is 142 Å². The highest BCUT2D eigenvalue weighted by Crippen LogP contribution is 2.37. The number of hydrogen-bond acceptors (Lipinski definition) is 1. The largest absolute Gasteiger partial charge is 0.355 e. The third kappa shape index (κ3) is 3.53. The zero-order valence-corrected chi connectivity index (χ0v) is 16.4. The van der Waals surface area contributed by atoms with E-state index in [0.29, 0.717) is 5.41 Å². The summed E-state index contributed by atoms with van der Waals surface area (Å²) in [5, 5.41) is 5.17. The number of anilines is 2. The SMILES string of the molecule is Cc1ccc([Si](C)(C)C)cc1Nc1ccc2c(c1)CC(C)(C)C2. The lowest BCUT2D eigenvalue weighted by Gasteiger charge is -2.19. The third-order valence-corrected chi connectivity index (χ3v) is 6.97. The lowest BCUT2D eigenvalue weighted by atomic mass is 9.90. The van der Waals surface area contributed by atoms with Gasteiger partial charge >= 0.3 is 0 Å². The summed E-state index contributed by atoms with van der Waals surface area (Å²) in [6.45, 7) is 14.1. The normalized spacial score (nSPS) is 16.3. The zero-order chi connectivity index (χ0) is 16.8. The molecule has 23 heavy (non-hydrogen) atoms. The number of nitrogens with one attached hydrogen (secondary N) is 1. The molecule has 0 aliphatic heterocycles. The molecule has 1 aliphatic rings. The van der Waals surface area contributed by atoms with E-state index in [4.69, 9.17) is 0 Å². The molecule has 0 bridgehead atoms. The van der Waals surface area contributed by atoms with Crippen LogP contribution < -0.4 is 10.5 Å². The average molecular weight is 324 g/mol. The van der Waals surface area contributed by atoms with Crippen LogP contribution in [0.1, 0.15) is 30.5 Å². The van der Waals surface area contributed by atoms with Crippen molar-refractivity contribution in [1.82, 2.24) is 0 Å². The first-order chi connectivity index (χ1) is 10.6. The fourth-order valence-corrected chi connectivity index (χ4v) is 4.67. The van der Waals surface area contributed by atoms with Crippen LogP contribution in [-0.4, -0.2) is 8.07 Å². The molecule has 2 heteroatoms. The van der Waals surface area contributed by atoms with E-state index >= 15 is 0 Å². The molecule has 0 heterocycles. The summed E-state index contributed by atoms with van der Waals surface area (Å²) in [6, 6.07) is 13.8. The second-order valence-electron chi connectivity index (χ2n) is 8.91. The first-order valence-corrected chi connectivity index (χ1v) is 12.1. The molecule has 1 N–H and O–H groups in total. The highest BCUT2D eigenvalue weighted by molar-refractivity contribution is 6.88. The zero-order valence-electron chi connectivity index (χ0n) is 15.4. The lowest BCUT2D eigenvalue weighted by molar-refractivity contribution is 0.392. The summed E-state index contributed by atoms with van der Waals surface area (Å²) in [6.07, 6.45) is 2.39. The number of benzene rings is 2. The number of hydrogen-bond donors (Lipinski definition) is 1. The minimum atomic E-state index is -1.28. The highest BCUT2D eigenvalue weighted by Gasteiger charge is 2.28. The van der Waals surface area contributed by atoms with E-state index in [1.165, 1.54) is 46.1 Å². The molecular formula is C21H29NSi. The number of aryl methyl sites for hydroxylation is 1. The molecular weight excluding hydrogens is 294 g/mol. The summed E-state index contributed by atoms with van der Waals surface area (Å²) >= 11 is 0. The van der Waals surface area contributed by atoms with Crippen molar-refractivity contribution in [2.24, 2.45) is 5.41 Å². The van der Waals surface area contributed by atoms with Crippen LogP contribution in [0.15, 0.2) is 36.4 Å². The number of rotatable bonds is 3. The summed E-state index contributed by atoms with van der Waals surface area (Å²) in [5.74, 6) is 0. The molecule has 0 fully saturated rings. The summed E-state index contributed by atoms with van der Waals surface area (Å²) < 4.78 is 0. The van der Waals surface area contributed by atoms with E-state index in [0.717, 1.165) is 0 Å². The fraction of sp³-hybridized carbons (Fsp3) is 0.429. The van der Waals surface area contributed by atoms with Crippen LogP contribution >= 0.6 is 0 Å². The molecule has 0 aromatic heterocycles. The first-order valence-electron chi connectivity index (χ1n) is 8.64. The molecule has 0 radical (unpaired) electrons. The molecule has 0 spiro atoms. The van der Waals surface area contributed by atoms with E-state index in [-0.39, 0.29) is 0 Å². The van der Waals surface area contributed by atoms with Crippen molar-refractivity contribution in [3.05, 3.63) is 53.1 Å². The minimum absolute atomic E-state index is 0.411. The van der Waals surface area contributed by atoms with Gasteiger partial charge in [-0.05, 0) is 60.1 Å². The maximum atomic E-state index is 3.66. The number of fused-ring (bicyclic) bond motifs is 1. The fourth-order valence-electron chi connectivity index (χ4n) is 3.51. The maximum Gasteiger partial charge on any atom is 0.0776 e. The molecule has 0 saturated heterocycles. The Balaban J connectivity index is 1.89. The van der Waals surface area contributed by atoms with Gasteiger partial charge in [-0.25, -0.2) is 0 Å². The monoisotopic (exact) mass is 323 g/mol. The van der Waals surface area contributed by atoms with Crippen LogP contribution in [0, 0.1) is 12.3 Å². The van der Waals surface area contributed by atoms with Gasteiger partial charge in [0.15, 0.2) is 0 Å². The summed E-state index contributed by atoms with van der Waals surface area (Å²) in [4.78, 5) is 0. The van der Waals surface area contributed by atoms with Crippen LogP contribution in [0.25, 0.3) is 0 Å². The quantitative estimate of drug-likeness (QED) is 0.745. The van der Waals surface area contributed by atoms with Crippen molar-refractivity contribution in [2.75, 3.05) is 5.32 Å². The predicted octanol–water partition coefficient (Wildman–Crippen LogP) is 5.41. The van der Waals surface area contributed by atoms with Gasteiger partial charge in [-0.2, -0.15) is 0 Å². The van der Waals surface area contributed by atoms with E-state index in [2.05, 4.69) is 82.1 Å². The molecule has 0 unspecified atom stereocenters. The van der Waals surface area contributed by atoms with E-state index < -0.39 is 8.07 Å². The van der Waals surface area contributed by atoms with Gasteiger partial charge in [0, 0.05) is 11.4 Å². The Morgan fingerprint density at radius 3 is 2.30 bits per heavy atom. The van der Waals surface area contributed by atoms with Gasteiger partial charge in [0.25, 0.3) is 0 Å². The Morgan fingerprint density at radius 1 is 0.913 bits per heavy atom. The van der Waals surface area contributed by atoms with Gasteiger partial charge in [-0.3, -0.25) is 0 Å². The van der Waals surface area contributed by atoms with Crippen molar-refractivity contribution in [1.29, 1.82) is 0 Å². The van der Waals surface area contributed by atoms with Crippen LogP contribution in [-0.2, 0) is 12.8 Å². The molecule has 2 aromatic rings. The topological polar surface area (TPSA) is 12.0 Å². The molecule has 1 nitrogen and oxygen atoms in total. The molecule has 0 amide bonds. The summed E-state index contributed by atoms with van der Waals surface area (Å²) in [7, 11) is -1.28. The third-order valence-electron chi connectivity index (χ3n) is 4.93. The van der Waals surface area contributed by atoms with Gasteiger partial charge < -0.3 is 5.32 Å². The molecule has 1 aliphatic carbocycles. The molecule has 0 saturated carbocycles. The van der Waals surface area contributed by atoms with E-state index in [1.54, 1.807) is 0 Å². The average Bonchev–Trinajstić information content (AvgIpc) is 2.73. The van der Waals surface area contributed by atoms with Gasteiger partial charge in [0.05, 0.1) is 8.07 Å². The Morgan fingerprint density at radius 2 is 1.61 bits per heavy atom.